The summed E-state index contributed by atoms with van der Waals surface area (Å²) in [6.07, 6.45) is 4.12. The van der Waals surface area contributed by atoms with Crippen molar-refractivity contribution in [3.8, 4) is 0 Å². The van der Waals surface area contributed by atoms with Crippen molar-refractivity contribution in [2.45, 2.75) is 13.0 Å². The van der Waals surface area contributed by atoms with Crippen molar-refractivity contribution in [1.29, 1.82) is 0 Å². The number of rotatable bonds is 4. The number of hydrogen-bond donors (Lipinski definition) is 1. The molecule has 0 radical (unpaired) electrons. The van der Waals surface area contributed by atoms with Crippen LogP contribution >= 0.6 is 0 Å². The minimum Gasteiger partial charge on any atom is -0.468 e. The molecule has 5 nitrogen and oxygen atoms in total. The molecular weight excluding hydrogens is 170 g/mol. The lowest BCUT2D eigenvalue weighted by molar-refractivity contribution is -0.141. The number of hydrogen-bond acceptors (Lipinski definition) is 4. The van der Waals surface area contributed by atoms with Crippen LogP contribution in [0.3, 0.4) is 0 Å². The van der Waals surface area contributed by atoms with Gasteiger partial charge in [0.05, 0.1) is 19.1 Å². The van der Waals surface area contributed by atoms with Crippen LogP contribution in [0.1, 0.15) is 5.69 Å². The van der Waals surface area contributed by atoms with E-state index in [1.807, 2.05) is 0 Å². The average molecular weight is 183 g/mol. The van der Waals surface area contributed by atoms with Gasteiger partial charge in [-0.05, 0) is 6.54 Å². The van der Waals surface area contributed by atoms with Crippen LogP contribution in [-0.4, -0.2) is 29.2 Å². The molecule has 0 unspecified atom stereocenters. The van der Waals surface area contributed by atoms with Crippen LogP contribution in [0.2, 0.25) is 0 Å². The molecule has 13 heavy (non-hydrogen) atoms. The van der Waals surface area contributed by atoms with Gasteiger partial charge < -0.3 is 15.0 Å². The Morgan fingerprint density at radius 2 is 2.54 bits per heavy atom. The van der Waals surface area contributed by atoms with E-state index in [9.17, 15) is 4.79 Å². The van der Waals surface area contributed by atoms with Gasteiger partial charge >= 0.3 is 5.97 Å². The summed E-state index contributed by atoms with van der Waals surface area (Å²) in [5, 5.41) is 0. The quantitative estimate of drug-likeness (QED) is 0.642. The van der Waals surface area contributed by atoms with Gasteiger partial charge in [0.25, 0.3) is 0 Å². The Morgan fingerprint density at radius 1 is 1.77 bits per heavy atom. The molecule has 0 saturated heterocycles. The molecule has 0 amide bonds. The lowest BCUT2D eigenvalue weighted by Gasteiger charge is -1.98. The maximum Gasteiger partial charge on any atom is 0.325 e. The maximum atomic E-state index is 10.9. The first-order valence-corrected chi connectivity index (χ1v) is 4.03. The van der Waals surface area contributed by atoms with E-state index in [4.69, 9.17) is 5.73 Å². The Labute approximate surface area is 76.5 Å². The molecule has 0 atom stereocenters. The molecular formula is C8H13N3O2. The van der Waals surface area contributed by atoms with Crippen LogP contribution in [0.4, 0.5) is 0 Å². The fraction of sp³-hybridized carbons (Fsp3) is 0.500. The van der Waals surface area contributed by atoms with Gasteiger partial charge in [-0.1, -0.05) is 0 Å². The van der Waals surface area contributed by atoms with Gasteiger partial charge in [0, 0.05) is 12.6 Å². The highest BCUT2D eigenvalue weighted by atomic mass is 16.5. The Morgan fingerprint density at radius 3 is 3.15 bits per heavy atom. The molecule has 72 valence electrons. The third-order valence-electron chi connectivity index (χ3n) is 1.63. The number of nitrogens with two attached hydrogens (primary N) is 1. The first-order valence-electron chi connectivity index (χ1n) is 4.03. The lowest BCUT2D eigenvalue weighted by atomic mass is 10.3. The Kier molecular flexibility index (Phi) is 3.45. The van der Waals surface area contributed by atoms with Crippen molar-refractivity contribution < 1.29 is 9.53 Å². The van der Waals surface area contributed by atoms with E-state index in [0.717, 1.165) is 12.1 Å². The van der Waals surface area contributed by atoms with Crippen molar-refractivity contribution in [3.05, 3.63) is 18.2 Å². The zero-order valence-electron chi connectivity index (χ0n) is 7.56. The average Bonchev–Trinajstić information content (AvgIpc) is 2.53. The normalized spacial score (nSPS) is 10.0. The van der Waals surface area contributed by atoms with Crippen LogP contribution in [0.25, 0.3) is 0 Å². The van der Waals surface area contributed by atoms with Crippen LogP contribution in [0.5, 0.6) is 0 Å². The third-order valence-corrected chi connectivity index (χ3v) is 1.63. The number of aromatic nitrogens is 2. The number of ether oxygens (including phenoxy) is 1. The van der Waals surface area contributed by atoms with E-state index in [1.54, 1.807) is 17.1 Å². The molecule has 0 saturated carbocycles. The monoisotopic (exact) mass is 183 g/mol. The van der Waals surface area contributed by atoms with Gasteiger partial charge in [0.15, 0.2) is 0 Å². The second-order valence-electron chi connectivity index (χ2n) is 2.65. The number of esters is 1. The predicted octanol–water partition coefficient (Wildman–Crippen LogP) is -0.443. The Bertz CT molecular complexity index is 283. The SMILES string of the molecule is COC(=O)Cn1cnc(CCN)c1. The second kappa shape index (κ2) is 4.61. The number of imidazole rings is 1. The van der Waals surface area contributed by atoms with E-state index < -0.39 is 0 Å². The first-order chi connectivity index (χ1) is 6.26. The predicted molar refractivity (Wildman–Crippen MR) is 47.0 cm³/mol. The molecule has 5 heteroatoms. The standard InChI is InChI=1S/C8H13N3O2/c1-13-8(12)5-11-4-7(2-3-9)10-6-11/h4,6H,2-3,5,9H2,1H3. The van der Waals surface area contributed by atoms with Gasteiger partial charge in [0.1, 0.15) is 6.54 Å². The van der Waals surface area contributed by atoms with Gasteiger partial charge in [0.2, 0.25) is 0 Å². The minimum atomic E-state index is -0.281. The summed E-state index contributed by atoms with van der Waals surface area (Å²) in [5.74, 6) is -0.281. The molecule has 0 aromatic carbocycles. The van der Waals surface area contributed by atoms with E-state index >= 15 is 0 Å². The smallest absolute Gasteiger partial charge is 0.325 e. The van der Waals surface area contributed by atoms with Crippen molar-refractivity contribution in [1.82, 2.24) is 9.55 Å². The second-order valence-corrected chi connectivity index (χ2v) is 2.65. The summed E-state index contributed by atoms with van der Waals surface area (Å²) < 4.78 is 6.19. The number of methoxy groups -OCH3 is 1. The molecule has 2 N–H and O–H groups in total. The van der Waals surface area contributed by atoms with Crippen molar-refractivity contribution >= 4 is 5.97 Å². The number of nitrogens with zero attached hydrogens (tertiary/aromatic N) is 2. The third kappa shape index (κ3) is 2.87. The number of carbonyl (C=O) groups is 1. The molecule has 0 bridgehead atoms. The van der Waals surface area contributed by atoms with E-state index in [1.165, 1.54) is 7.11 Å². The summed E-state index contributed by atoms with van der Waals surface area (Å²) in [5.41, 5.74) is 6.25. The van der Waals surface area contributed by atoms with Crippen molar-refractivity contribution in [2.75, 3.05) is 13.7 Å². The first kappa shape index (κ1) is 9.73. The molecule has 1 aromatic heterocycles. The molecule has 0 aliphatic heterocycles. The summed E-state index contributed by atoms with van der Waals surface area (Å²) >= 11 is 0. The molecule has 0 fully saturated rings. The van der Waals surface area contributed by atoms with Gasteiger partial charge in [-0.2, -0.15) is 0 Å². The highest BCUT2D eigenvalue weighted by Gasteiger charge is 2.02. The topological polar surface area (TPSA) is 70.1 Å². The van der Waals surface area contributed by atoms with Crippen molar-refractivity contribution in [3.63, 3.8) is 0 Å². The highest BCUT2D eigenvalue weighted by molar-refractivity contribution is 5.68. The van der Waals surface area contributed by atoms with Gasteiger partial charge in [-0.15, -0.1) is 0 Å². The summed E-state index contributed by atoms with van der Waals surface area (Å²) in [6.45, 7) is 0.767. The lowest BCUT2D eigenvalue weighted by Crippen LogP contribution is -2.09. The molecule has 0 aliphatic rings. The molecule has 1 rings (SSSR count). The molecule has 0 spiro atoms. The van der Waals surface area contributed by atoms with Crippen LogP contribution in [0, 0.1) is 0 Å². The van der Waals surface area contributed by atoms with E-state index in [2.05, 4.69) is 9.72 Å². The summed E-state index contributed by atoms with van der Waals surface area (Å²) in [6, 6.07) is 0. The van der Waals surface area contributed by atoms with E-state index in [-0.39, 0.29) is 12.5 Å². The largest absolute Gasteiger partial charge is 0.468 e. The summed E-state index contributed by atoms with van der Waals surface area (Å²) in [7, 11) is 1.36. The molecule has 0 aliphatic carbocycles. The fourth-order valence-electron chi connectivity index (χ4n) is 0.983. The fourth-order valence-corrected chi connectivity index (χ4v) is 0.983. The Hall–Kier alpha value is -1.36. The van der Waals surface area contributed by atoms with Gasteiger partial charge in [-0.3, -0.25) is 4.79 Å². The summed E-state index contributed by atoms with van der Waals surface area (Å²) in [4.78, 5) is 14.9. The van der Waals surface area contributed by atoms with Crippen LogP contribution < -0.4 is 5.73 Å². The zero-order chi connectivity index (χ0) is 9.68. The van der Waals surface area contributed by atoms with Crippen LogP contribution in [0.15, 0.2) is 12.5 Å². The number of carbonyl (C=O) groups excluding carboxylic acids is 1. The maximum absolute atomic E-state index is 10.9. The molecule has 1 aromatic rings. The zero-order valence-corrected chi connectivity index (χ0v) is 7.56. The Balaban J connectivity index is 2.53. The molecule has 1 heterocycles. The van der Waals surface area contributed by atoms with E-state index in [0.29, 0.717) is 6.54 Å². The minimum absolute atomic E-state index is 0.202. The van der Waals surface area contributed by atoms with Crippen molar-refractivity contribution in [2.24, 2.45) is 5.73 Å². The van der Waals surface area contributed by atoms with Gasteiger partial charge in [-0.25, -0.2) is 4.98 Å². The van der Waals surface area contributed by atoms with Crippen LogP contribution in [-0.2, 0) is 22.5 Å². The highest BCUT2D eigenvalue weighted by Crippen LogP contribution is 1.96.